The summed E-state index contributed by atoms with van der Waals surface area (Å²) in [7, 11) is 0. The van der Waals surface area contributed by atoms with E-state index in [4.69, 9.17) is 0 Å². The molecule has 3 nitrogen and oxygen atoms in total. The normalized spacial score (nSPS) is 10.8. The van der Waals surface area contributed by atoms with Gasteiger partial charge < -0.3 is 5.32 Å². The van der Waals surface area contributed by atoms with Gasteiger partial charge in [0.2, 0.25) is 5.91 Å². The van der Waals surface area contributed by atoms with Crippen LogP contribution in [-0.4, -0.2) is 16.6 Å². The number of nitrogens with one attached hydrogen (secondary N) is 1. The number of fused-ring (bicyclic) bond motifs is 1. The Morgan fingerprint density at radius 2 is 2.04 bits per heavy atom. The number of aryl methyl sites for hydroxylation is 1. The van der Waals surface area contributed by atoms with Gasteiger partial charge >= 0.3 is 0 Å². The first-order valence-electron chi connectivity index (χ1n) is 7.53. The van der Waals surface area contributed by atoms with Gasteiger partial charge in [-0.15, -0.1) is 23.1 Å². The van der Waals surface area contributed by atoms with E-state index in [1.54, 1.807) is 23.1 Å². The number of hydrogen-bond donors (Lipinski definition) is 1. The van der Waals surface area contributed by atoms with E-state index in [9.17, 15) is 4.79 Å². The maximum absolute atomic E-state index is 12.0. The summed E-state index contributed by atoms with van der Waals surface area (Å²) in [6.45, 7) is 2.09. The lowest BCUT2D eigenvalue weighted by atomic mass is 10.2. The van der Waals surface area contributed by atoms with Crippen LogP contribution in [0.2, 0.25) is 0 Å². The molecule has 3 aromatic rings. The van der Waals surface area contributed by atoms with E-state index in [0.29, 0.717) is 6.42 Å². The van der Waals surface area contributed by atoms with Crippen molar-refractivity contribution >= 4 is 44.9 Å². The highest BCUT2D eigenvalue weighted by Crippen LogP contribution is 2.22. The molecular weight excluding hydrogens is 324 g/mol. The van der Waals surface area contributed by atoms with Crippen LogP contribution >= 0.6 is 23.1 Å². The maximum Gasteiger partial charge on any atom is 0.224 e. The summed E-state index contributed by atoms with van der Waals surface area (Å²) in [5.74, 6) is 1.02. The third-order valence-electron chi connectivity index (χ3n) is 3.45. The SMILES string of the molecule is Cc1ccc(SCCCC(=O)Nc2ccc3ncsc3c2)cc1. The third-order valence-corrected chi connectivity index (χ3v) is 5.34. The van der Waals surface area contributed by atoms with Crippen LogP contribution in [0.4, 0.5) is 5.69 Å². The van der Waals surface area contributed by atoms with Crippen molar-refractivity contribution in [3.63, 3.8) is 0 Å². The van der Waals surface area contributed by atoms with Crippen molar-refractivity contribution in [2.75, 3.05) is 11.1 Å². The topological polar surface area (TPSA) is 42.0 Å². The molecule has 0 fully saturated rings. The fraction of sp³-hybridized carbons (Fsp3) is 0.222. The summed E-state index contributed by atoms with van der Waals surface area (Å²) in [6, 6.07) is 14.3. The van der Waals surface area contributed by atoms with Crippen LogP contribution < -0.4 is 5.32 Å². The summed E-state index contributed by atoms with van der Waals surface area (Å²) in [5, 5.41) is 2.96. The lowest BCUT2D eigenvalue weighted by Gasteiger charge is -2.05. The fourth-order valence-corrected chi connectivity index (χ4v) is 3.78. The van der Waals surface area contributed by atoms with E-state index in [-0.39, 0.29) is 5.91 Å². The Kier molecular flexibility index (Phi) is 5.31. The molecule has 0 aliphatic rings. The van der Waals surface area contributed by atoms with E-state index in [1.165, 1.54) is 10.5 Å². The number of rotatable bonds is 6. The summed E-state index contributed by atoms with van der Waals surface area (Å²) in [6.07, 6.45) is 1.41. The number of amides is 1. The van der Waals surface area contributed by atoms with E-state index in [1.807, 2.05) is 23.7 Å². The molecule has 1 N–H and O–H groups in total. The number of benzene rings is 2. The molecule has 0 saturated heterocycles. The standard InChI is InChI=1S/C18H18N2OS2/c1-13-4-7-15(8-5-13)22-10-2-3-18(21)20-14-6-9-16-17(11-14)23-12-19-16/h4-9,11-12H,2-3,10H2,1H3,(H,20,21). The average molecular weight is 342 g/mol. The second-order valence-electron chi connectivity index (χ2n) is 5.35. The Morgan fingerprint density at radius 1 is 1.22 bits per heavy atom. The predicted octanol–water partition coefficient (Wildman–Crippen LogP) is 5.12. The molecule has 0 aliphatic heterocycles. The van der Waals surface area contributed by atoms with Crippen molar-refractivity contribution in [1.29, 1.82) is 0 Å². The van der Waals surface area contributed by atoms with Crippen LogP contribution in [0, 0.1) is 6.92 Å². The second kappa shape index (κ2) is 7.62. The lowest BCUT2D eigenvalue weighted by molar-refractivity contribution is -0.116. The number of anilines is 1. The van der Waals surface area contributed by atoms with Crippen molar-refractivity contribution in [3.05, 3.63) is 53.5 Å². The minimum absolute atomic E-state index is 0.0679. The number of aromatic nitrogens is 1. The minimum atomic E-state index is 0.0679. The molecule has 0 atom stereocenters. The molecule has 0 spiro atoms. The minimum Gasteiger partial charge on any atom is -0.326 e. The monoisotopic (exact) mass is 342 g/mol. The molecular formula is C18H18N2OS2. The molecule has 0 saturated carbocycles. The van der Waals surface area contributed by atoms with Crippen LogP contribution in [0.15, 0.2) is 52.9 Å². The van der Waals surface area contributed by atoms with Crippen molar-refractivity contribution in [1.82, 2.24) is 4.98 Å². The van der Waals surface area contributed by atoms with Crippen LogP contribution in [0.1, 0.15) is 18.4 Å². The van der Waals surface area contributed by atoms with E-state index in [2.05, 4.69) is 41.5 Å². The van der Waals surface area contributed by atoms with Gasteiger partial charge in [0.25, 0.3) is 0 Å². The quantitative estimate of drug-likeness (QED) is 0.499. The van der Waals surface area contributed by atoms with Crippen molar-refractivity contribution in [2.45, 2.75) is 24.7 Å². The van der Waals surface area contributed by atoms with Crippen molar-refractivity contribution < 1.29 is 4.79 Å². The molecule has 1 aromatic heterocycles. The largest absolute Gasteiger partial charge is 0.326 e. The Balaban J connectivity index is 1.43. The molecule has 2 aromatic carbocycles. The first-order valence-corrected chi connectivity index (χ1v) is 9.40. The lowest BCUT2D eigenvalue weighted by Crippen LogP contribution is -2.11. The third kappa shape index (κ3) is 4.56. The van der Waals surface area contributed by atoms with Crippen LogP contribution in [0.5, 0.6) is 0 Å². The van der Waals surface area contributed by atoms with Gasteiger partial charge in [-0.25, -0.2) is 4.98 Å². The first kappa shape index (κ1) is 16.0. The molecule has 0 radical (unpaired) electrons. The molecule has 0 aliphatic carbocycles. The Hall–Kier alpha value is -1.85. The van der Waals surface area contributed by atoms with Gasteiger partial charge in [-0.1, -0.05) is 17.7 Å². The van der Waals surface area contributed by atoms with Gasteiger partial charge in [-0.3, -0.25) is 4.79 Å². The van der Waals surface area contributed by atoms with Gasteiger partial charge in [0.05, 0.1) is 15.7 Å². The number of hydrogen-bond acceptors (Lipinski definition) is 4. The number of carbonyl (C=O) groups is 1. The zero-order valence-electron chi connectivity index (χ0n) is 12.9. The molecule has 0 bridgehead atoms. The fourth-order valence-electron chi connectivity index (χ4n) is 2.21. The Labute approximate surface area is 144 Å². The zero-order chi connectivity index (χ0) is 16.1. The molecule has 0 unspecified atom stereocenters. The summed E-state index contributed by atoms with van der Waals surface area (Å²) in [4.78, 5) is 17.5. The molecule has 1 heterocycles. The number of thiazole rings is 1. The summed E-state index contributed by atoms with van der Waals surface area (Å²) in [5.41, 5.74) is 4.91. The maximum atomic E-state index is 12.0. The van der Waals surface area contributed by atoms with E-state index < -0.39 is 0 Å². The highest BCUT2D eigenvalue weighted by molar-refractivity contribution is 7.99. The Bertz CT molecular complexity index is 796. The molecule has 118 valence electrons. The van der Waals surface area contributed by atoms with Crippen LogP contribution in [0.25, 0.3) is 10.2 Å². The smallest absolute Gasteiger partial charge is 0.224 e. The highest BCUT2D eigenvalue weighted by Gasteiger charge is 2.04. The molecule has 3 rings (SSSR count). The predicted molar refractivity (Wildman–Crippen MR) is 99.4 cm³/mol. The van der Waals surface area contributed by atoms with Gasteiger partial charge in [-0.05, 0) is 49.4 Å². The molecule has 1 amide bonds. The van der Waals surface area contributed by atoms with Crippen molar-refractivity contribution in [3.8, 4) is 0 Å². The van der Waals surface area contributed by atoms with Crippen LogP contribution in [-0.2, 0) is 4.79 Å². The van der Waals surface area contributed by atoms with Gasteiger partial charge in [-0.2, -0.15) is 0 Å². The number of thioether (sulfide) groups is 1. The highest BCUT2D eigenvalue weighted by atomic mass is 32.2. The van der Waals surface area contributed by atoms with Gasteiger partial charge in [0, 0.05) is 17.0 Å². The number of carbonyl (C=O) groups excluding carboxylic acids is 1. The number of nitrogens with zero attached hydrogens (tertiary/aromatic N) is 1. The molecule has 5 heteroatoms. The first-order chi connectivity index (χ1) is 11.2. The van der Waals surface area contributed by atoms with Crippen molar-refractivity contribution in [2.24, 2.45) is 0 Å². The average Bonchev–Trinajstić information content (AvgIpc) is 3.01. The van der Waals surface area contributed by atoms with Crippen LogP contribution in [0.3, 0.4) is 0 Å². The zero-order valence-corrected chi connectivity index (χ0v) is 14.5. The molecule has 23 heavy (non-hydrogen) atoms. The summed E-state index contributed by atoms with van der Waals surface area (Å²) >= 11 is 3.38. The second-order valence-corrected chi connectivity index (χ2v) is 7.40. The van der Waals surface area contributed by atoms with Gasteiger partial charge in [0.1, 0.15) is 0 Å². The Morgan fingerprint density at radius 3 is 2.87 bits per heavy atom. The van der Waals surface area contributed by atoms with E-state index in [0.717, 1.165) is 28.1 Å². The van der Waals surface area contributed by atoms with E-state index >= 15 is 0 Å². The summed E-state index contributed by atoms with van der Waals surface area (Å²) < 4.78 is 1.10. The van der Waals surface area contributed by atoms with Gasteiger partial charge in [0.15, 0.2) is 0 Å².